The third-order valence-electron chi connectivity index (χ3n) is 4.21. The first-order valence-electron chi connectivity index (χ1n) is 8.65. The molecule has 0 aliphatic carbocycles. The zero-order chi connectivity index (χ0) is 21.1. The third-order valence-corrected chi connectivity index (χ3v) is 4.93. The molecule has 1 aromatic heterocycles. The van der Waals surface area contributed by atoms with Gasteiger partial charge in [0.05, 0.1) is 17.3 Å². The molecule has 3 aromatic rings. The molecule has 0 saturated carbocycles. The monoisotopic (exact) mass is 441 g/mol. The summed E-state index contributed by atoms with van der Waals surface area (Å²) in [6.45, 7) is 1.60. The lowest BCUT2D eigenvalue weighted by molar-refractivity contribution is 0.101. The molecule has 0 saturated heterocycles. The van der Waals surface area contributed by atoms with E-state index < -0.39 is 17.5 Å². The molecule has 0 bridgehead atoms. The Labute approximate surface area is 175 Å². The number of ketones is 1. The highest BCUT2D eigenvalue weighted by Gasteiger charge is 2.20. The van der Waals surface area contributed by atoms with Gasteiger partial charge in [0.25, 0.3) is 0 Å². The van der Waals surface area contributed by atoms with Crippen molar-refractivity contribution < 1.29 is 18.0 Å². The van der Waals surface area contributed by atoms with Crippen LogP contribution in [0.4, 0.5) is 18.9 Å². The quantitative estimate of drug-likeness (QED) is 0.491. The van der Waals surface area contributed by atoms with Crippen LogP contribution in [0.5, 0.6) is 0 Å². The van der Waals surface area contributed by atoms with Crippen molar-refractivity contribution in [3.8, 4) is 0 Å². The predicted octanol–water partition coefficient (Wildman–Crippen LogP) is 5.51. The van der Waals surface area contributed by atoms with Crippen LogP contribution in [0.3, 0.4) is 0 Å². The molecule has 2 aromatic carbocycles. The fourth-order valence-corrected chi connectivity index (χ4v) is 3.38. The summed E-state index contributed by atoms with van der Waals surface area (Å²) in [7, 11) is 0. The van der Waals surface area contributed by atoms with Gasteiger partial charge in [-0.2, -0.15) is 5.10 Å². The van der Waals surface area contributed by atoms with Gasteiger partial charge in [0.2, 0.25) is 0 Å². The molecule has 0 atom stereocenters. The maximum Gasteiger partial charge on any atom is 0.180 e. The van der Waals surface area contributed by atoms with E-state index in [1.54, 1.807) is 6.07 Å². The van der Waals surface area contributed by atoms with Crippen LogP contribution in [0.15, 0.2) is 36.4 Å². The Morgan fingerprint density at radius 3 is 2.48 bits per heavy atom. The lowest BCUT2D eigenvalue weighted by Crippen LogP contribution is -2.09. The number of aromatic nitrogens is 2. The van der Waals surface area contributed by atoms with E-state index in [0.29, 0.717) is 11.1 Å². The summed E-state index contributed by atoms with van der Waals surface area (Å²) in [5.74, 6) is -2.32. The number of hydrogen-bond donors (Lipinski definition) is 1. The van der Waals surface area contributed by atoms with Gasteiger partial charge in [0, 0.05) is 25.1 Å². The number of benzene rings is 2. The summed E-state index contributed by atoms with van der Waals surface area (Å²) in [6.07, 6.45) is 0.275. The fourth-order valence-electron chi connectivity index (χ4n) is 2.93. The van der Waals surface area contributed by atoms with Crippen molar-refractivity contribution in [3.05, 3.63) is 80.8 Å². The molecule has 0 radical (unpaired) electrons. The van der Waals surface area contributed by atoms with E-state index in [1.165, 1.54) is 23.7 Å². The van der Waals surface area contributed by atoms with Crippen LogP contribution in [-0.2, 0) is 13.0 Å². The Kier molecular flexibility index (Phi) is 6.49. The van der Waals surface area contributed by atoms with Crippen LogP contribution in [-0.4, -0.2) is 22.1 Å². The van der Waals surface area contributed by atoms with E-state index in [-0.39, 0.29) is 46.9 Å². The first-order valence-corrected chi connectivity index (χ1v) is 9.41. The van der Waals surface area contributed by atoms with Gasteiger partial charge in [-0.3, -0.25) is 4.79 Å². The zero-order valence-electron chi connectivity index (χ0n) is 15.3. The van der Waals surface area contributed by atoms with Crippen LogP contribution in [0.2, 0.25) is 10.2 Å². The second-order valence-corrected chi connectivity index (χ2v) is 7.15. The van der Waals surface area contributed by atoms with Crippen molar-refractivity contribution in [2.24, 2.45) is 0 Å². The molecule has 152 valence electrons. The third kappa shape index (κ3) is 4.92. The predicted molar refractivity (Wildman–Crippen MR) is 106 cm³/mol. The highest BCUT2D eigenvalue weighted by Crippen LogP contribution is 2.25. The highest BCUT2D eigenvalue weighted by atomic mass is 35.5. The molecule has 9 heteroatoms. The standard InChI is InChI=1S/C20H16Cl2F3N3O/c1-11(29)19-15(5-6-26-17-4-2-3-16(21)18(17)25)20(22)28(27-19)10-12-7-13(23)9-14(24)8-12/h2-4,7-9,26H,5-6,10H2,1H3. The van der Waals surface area contributed by atoms with Gasteiger partial charge in [-0.05, 0) is 36.2 Å². The Balaban J connectivity index is 1.81. The van der Waals surface area contributed by atoms with E-state index in [1.807, 2.05) is 0 Å². The van der Waals surface area contributed by atoms with Crippen molar-refractivity contribution in [2.75, 3.05) is 11.9 Å². The number of carbonyl (C=O) groups excluding carboxylic acids is 1. The molecule has 1 heterocycles. The van der Waals surface area contributed by atoms with Crippen LogP contribution >= 0.6 is 23.2 Å². The minimum Gasteiger partial charge on any atom is -0.382 e. The Hall–Kier alpha value is -2.51. The van der Waals surface area contributed by atoms with Crippen molar-refractivity contribution in [3.63, 3.8) is 0 Å². The smallest absolute Gasteiger partial charge is 0.180 e. The van der Waals surface area contributed by atoms with Gasteiger partial charge in [0.15, 0.2) is 11.6 Å². The molecule has 0 aliphatic rings. The fraction of sp³-hybridized carbons (Fsp3) is 0.200. The molecule has 4 nitrogen and oxygen atoms in total. The molecular formula is C20H16Cl2F3N3O. The minimum atomic E-state index is -0.719. The zero-order valence-corrected chi connectivity index (χ0v) is 16.8. The van der Waals surface area contributed by atoms with Gasteiger partial charge < -0.3 is 5.32 Å². The molecule has 0 unspecified atom stereocenters. The average Bonchev–Trinajstić information content (AvgIpc) is 2.94. The van der Waals surface area contributed by atoms with Crippen LogP contribution in [0, 0.1) is 17.5 Å². The van der Waals surface area contributed by atoms with Crippen LogP contribution in [0.1, 0.15) is 28.5 Å². The molecule has 0 aliphatic heterocycles. The van der Waals surface area contributed by atoms with E-state index >= 15 is 0 Å². The van der Waals surface area contributed by atoms with Crippen molar-refractivity contribution in [2.45, 2.75) is 19.9 Å². The summed E-state index contributed by atoms with van der Waals surface area (Å²) < 4.78 is 42.1. The lowest BCUT2D eigenvalue weighted by Gasteiger charge is -2.09. The first-order chi connectivity index (χ1) is 13.8. The Morgan fingerprint density at radius 1 is 1.14 bits per heavy atom. The van der Waals surface area contributed by atoms with Gasteiger partial charge in [-0.1, -0.05) is 29.3 Å². The summed E-state index contributed by atoms with van der Waals surface area (Å²) >= 11 is 12.1. The topological polar surface area (TPSA) is 46.9 Å². The molecule has 0 fully saturated rings. The molecule has 3 rings (SSSR count). The van der Waals surface area contributed by atoms with E-state index in [9.17, 15) is 18.0 Å². The van der Waals surface area contributed by atoms with Crippen LogP contribution < -0.4 is 5.32 Å². The highest BCUT2D eigenvalue weighted by molar-refractivity contribution is 6.31. The van der Waals surface area contributed by atoms with Crippen molar-refractivity contribution in [1.29, 1.82) is 0 Å². The number of hydrogen-bond acceptors (Lipinski definition) is 3. The molecule has 0 spiro atoms. The maximum absolute atomic E-state index is 14.0. The maximum atomic E-state index is 14.0. The number of Topliss-reactive ketones (excluding diaryl/α,β-unsaturated/α-hetero) is 1. The SMILES string of the molecule is CC(=O)c1nn(Cc2cc(F)cc(F)c2)c(Cl)c1CCNc1cccc(Cl)c1F. The normalized spacial score (nSPS) is 11.0. The number of anilines is 1. The molecule has 0 amide bonds. The van der Waals surface area contributed by atoms with Crippen molar-refractivity contribution in [1.82, 2.24) is 9.78 Å². The number of nitrogens with one attached hydrogen (secondary N) is 1. The van der Waals surface area contributed by atoms with Gasteiger partial charge in [-0.25, -0.2) is 17.9 Å². The van der Waals surface area contributed by atoms with Gasteiger partial charge in [0.1, 0.15) is 22.5 Å². The number of rotatable bonds is 7. The number of halogens is 5. The molecule has 1 N–H and O–H groups in total. The molecule has 29 heavy (non-hydrogen) atoms. The second-order valence-electron chi connectivity index (χ2n) is 6.39. The minimum absolute atomic E-state index is 0.00685. The molecular weight excluding hydrogens is 426 g/mol. The Bertz CT molecular complexity index is 1050. The van der Waals surface area contributed by atoms with E-state index in [0.717, 1.165) is 18.2 Å². The Morgan fingerprint density at radius 2 is 1.83 bits per heavy atom. The number of carbonyl (C=O) groups is 1. The largest absolute Gasteiger partial charge is 0.382 e. The summed E-state index contributed by atoms with van der Waals surface area (Å²) in [5.41, 5.74) is 1.15. The summed E-state index contributed by atoms with van der Waals surface area (Å²) in [5, 5.41) is 7.26. The second kappa shape index (κ2) is 8.88. The van der Waals surface area contributed by atoms with Gasteiger partial charge in [-0.15, -0.1) is 0 Å². The van der Waals surface area contributed by atoms with E-state index in [2.05, 4.69) is 10.4 Å². The lowest BCUT2D eigenvalue weighted by atomic mass is 10.1. The summed E-state index contributed by atoms with van der Waals surface area (Å²) in [4.78, 5) is 12.0. The number of nitrogens with zero attached hydrogens (tertiary/aromatic N) is 2. The van der Waals surface area contributed by atoms with E-state index in [4.69, 9.17) is 23.2 Å². The van der Waals surface area contributed by atoms with Gasteiger partial charge >= 0.3 is 0 Å². The summed E-state index contributed by atoms with van der Waals surface area (Å²) in [6, 6.07) is 7.68. The first kappa shape index (κ1) is 21.2. The average molecular weight is 442 g/mol. The van der Waals surface area contributed by atoms with Crippen molar-refractivity contribution >= 4 is 34.7 Å². The van der Waals surface area contributed by atoms with Crippen LogP contribution in [0.25, 0.3) is 0 Å².